The minimum absolute atomic E-state index is 0.158. The topological polar surface area (TPSA) is 131 Å². The van der Waals surface area contributed by atoms with Crippen LogP contribution in [0.5, 0.6) is 0 Å². The van der Waals surface area contributed by atoms with Crippen LogP contribution in [0.25, 0.3) is 0 Å². The summed E-state index contributed by atoms with van der Waals surface area (Å²) in [6, 6.07) is -0.691. The summed E-state index contributed by atoms with van der Waals surface area (Å²) < 4.78 is 0. The SMILES string of the molecule is O=C(NCC(=O)N1CCNCC1)NC[C@H](O)C(=O)O. The molecule has 1 aliphatic rings. The highest BCUT2D eigenvalue weighted by Gasteiger charge is 2.17. The van der Waals surface area contributed by atoms with Crippen molar-refractivity contribution in [1.29, 1.82) is 0 Å². The summed E-state index contributed by atoms with van der Waals surface area (Å²) in [6.07, 6.45) is -1.66. The Bertz CT molecular complexity index is 343. The van der Waals surface area contributed by atoms with E-state index in [1.807, 2.05) is 0 Å². The van der Waals surface area contributed by atoms with Gasteiger partial charge in [0.25, 0.3) is 0 Å². The number of nitrogens with zero attached hydrogens (tertiary/aromatic N) is 1. The maximum Gasteiger partial charge on any atom is 0.334 e. The van der Waals surface area contributed by atoms with Crippen LogP contribution in [0.2, 0.25) is 0 Å². The number of rotatable bonds is 5. The summed E-state index contributed by atoms with van der Waals surface area (Å²) in [7, 11) is 0. The highest BCUT2D eigenvalue weighted by molar-refractivity contribution is 5.84. The van der Waals surface area contributed by atoms with Gasteiger partial charge in [0.05, 0.1) is 13.1 Å². The van der Waals surface area contributed by atoms with Crippen LogP contribution in [0.3, 0.4) is 0 Å². The van der Waals surface area contributed by atoms with Crippen molar-refractivity contribution in [2.24, 2.45) is 0 Å². The van der Waals surface area contributed by atoms with E-state index in [2.05, 4.69) is 16.0 Å². The number of amides is 3. The molecule has 0 radical (unpaired) electrons. The van der Waals surface area contributed by atoms with Crippen LogP contribution in [0.15, 0.2) is 0 Å². The fraction of sp³-hybridized carbons (Fsp3) is 0.700. The Labute approximate surface area is 110 Å². The third kappa shape index (κ3) is 5.53. The molecule has 1 aliphatic heterocycles. The molecule has 0 aromatic rings. The minimum atomic E-state index is -1.66. The predicted molar refractivity (Wildman–Crippen MR) is 64.5 cm³/mol. The van der Waals surface area contributed by atoms with Crippen LogP contribution in [0.1, 0.15) is 0 Å². The summed E-state index contributed by atoms with van der Waals surface area (Å²) in [5.41, 5.74) is 0. The monoisotopic (exact) mass is 274 g/mol. The van der Waals surface area contributed by atoms with Crippen LogP contribution in [0, 0.1) is 0 Å². The largest absolute Gasteiger partial charge is 0.479 e. The van der Waals surface area contributed by atoms with E-state index in [1.54, 1.807) is 4.90 Å². The van der Waals surface area contributed by atoms with E-state index in [0.29, 0.717) is 13.1 Å². The van der Waals surface area contributed by atoms with Gasteiger partial charge in [-0.05, 0) is 0 Å². The quantitative estimate of drug-likeness (QED) is 0.367. The van der Waals surface area contributed by atoms with Gasteiger partial charge in [0, 0.05) is 26.2 Å². The second kappa shape index (κ2) is 7.54. The van der Waals surface area contributed by atoms with Gasteiger partial charge in [-0.15, -0.1) is 0 Å². The summed E-state index contributed by atoms with van der Waals surface area (Å²) in [4.78, 5) is 34.8. The summed E-state index contributed by atoms with van der Waals surface area (Å²) in [5, 5.41) is 24.9. The lowest BCUT2D eigenvalue weighted by Crippen LogP contribution is -2.51. The van der Waals surface area contributed by atoms with Gasteiger partial charge in [0.15, 0.2) is 6.10 Å². The Hall–Kier alpha value is -1.87. The average molecular weight is 274 g/mol. The molecular formula is C10H18N4O5. The highest BCUT2D eigenvalue weighted by atomic mass is 16.4. The number of piperazine rings is 1. The predicted octanol–water partition coefficient (Wildman–Crippen LogP) is -2.84. The van der Waals surface area contributed by atoms with E-state index < -0.39 is 24.6 Å². The lowest BCUT2D eigenvalue weighted by Gasteiger charge is -2.27. The molecule has 0 aromatic carbocycles. The Morgan fingerprint density at radius 1 is 1.21 bits per heavy atom. The number of carbonyl (C=O) groups excluding carboxylic acids is 2. The first-order valence-corrected chi connectivity index (χ1v) is 5.91. The second-order valence-corrected chi connectivity index (χ2v) is 4.05. The Morgan fingerprint density at radius 2 is 1.84 bits per heavy atom. The Morgan fingerprint density at radius 3 is 2.42 bits per heavy atom. The van der Waals surface area contributed by atoms with Crippen molar-refractivity contribution >= 4 is 17.9 Å². The van der Waals surface area contributed by atoms with Crippen LogP contribution >= 0.6 is 0 Å². The molecule has 5 N–H and O–H groups in total. The molecule has 0 bridgehead atoms. The molecule has 19 heavy (non-hydrogen) atoms. The molecule has 1 fully saturated rings. The van der Waals surface area contributed by atoms with Gasteiger partial charge in [0.1, 0.15) is 0 Å². The number of carboxylic acid groups (broad SMARTS) is 1. The van der Waals surface area contributed by atoms with E-state index in [-0.39, 0.29) is 12.5 Å². The molecular weight excluding hydrogens is 256 g/mol. The Kier molecular flexibility index (Phi) is 6.03. The first-order valence-electron chi connectivity index (χ1n) is 5.91. The van der Waals surface area contributed by atoms with Crippen LogP contribution in [-0.2, 0) is 9.59 Å². The Balaban J connectivity index is 2.18. The average Bonchev–Trinajstić information content (AvgIpc) is 2.42. The van der Waals surface area contributed by atoms with Crippen LogP contribution in [-0.4, -0.2) is 78.4 Å². The van der Waals surface area contributed by atoms with E-state index in [9.17, 15) is 14.4 Å². The molecule has 1 saturated heterocycles. The van der Waals surface area contributed by atoms with Gasteiger partial charge in [-0.2, -0.15) is 0 Å². The molecule has 9 heteroatoms. The first kappa shape index (κ1) is 15.2. The van der Waals surface area contributed by atoms with Crippen molar-refractivity contribution in [3.05, 3.63) is 0 Å². The van der Waals surface area contributed by atoms with E-state index in [4.69, 9.17) is 10.2 Å². The standard InChI is InChI=1S/C10H18N4O5/c15-7(9(17)18)5-12-10(19)13-6-8(16)14-3-1-11-2-4-14/h7,11,15H,1-6H2,(H,17,18)(H2,12,13,19)/t7-/m0/s1. The number of carboxylic acids is 1. The molecule has 3 amide bonds. The number of carbonyl (C=O) groups is 3. The number of hydrogen-bond donors (Lipinski definition) is 5. The molecule has 0 aromatic heterocycles. The number of hydrogen-bond acceptors (Lipinski definition) is 5. The fourth-order valence-corrected chi connectivity index (χ4v) is 1.52. The third-order valence-electron chi connectivity index (χ3n) is 2.61. The van der Waals surface area contributed by atoms with Crippen molar-refractivity contribution < 1.29 is 24.6 Å². The normalized spacial score (nSPS) is 16.6. The minimum Gasteiger partial charge on any atom is -0.479 e. The lowest BCUT2D eigenvalue weighted by atomic mass is 10.3. The van der Waals surface area contributed by atoms with E-state index >= 15 is 0 Å². The van der Waals surface area contributed by atoms with Gasteiger partial charge in [-0.3, -0.25) is 4.79 Å². The summed E-state index contributed by atoms with van der Waals surface area (Å²) >= 11 is 0. The molecule has 0 aliphatic carbocycles. The van der Waals surface area contributed by atoms with Gasteiger partial charge in [0.2, 0.25) is 5.91 Å². The maximum absolute atomic E-state index is 11.7. The first-order chi connectivity index (χ1) is 9.00. The number of aliphatic carboxylic acids is 1. The molecule has 0 spiro atoms. The highest BCUT2D eigenvalue weighted by Crippen LogP contribution is 1.92. The van der Waals surface area contributed by atoms with E-state index in [1.165, 1.54) is 0 Å². The van der Waals surface area contributed by atoms with Gasteiger partial charge in [-0.25, -0.2) is 9.59 Å². The smallest absolute Gasteiger partial charge is 0.334 e. The van der Waals surface area contributed by atoms with Crippen molar-refractivity contribution in [2.45, 2.75) is 6.10 Å². The zero-order valence-corrected chi connectivity index (χ0v) is 10.4. The summed E-state index contributed by atoms with van der Waals surface area (Å²) in [6.45, 7) is 2.07. The van der Waals surface area contributed by atoms with Crippen molar-refractivity contribution in [3.8, 4) is 0 Å². The molecule has 0 saturated carbocycles. The maximum atomic E-state index is 11.7. The van der Waals surface area contributed by atoms with Crippen molar-refractivity contribution in [1.82, 2.24) is 20.9 Å². The molecule has 0 unspecified atom stereocenters. The number of urea groups is 1. The van der Waals surface area contributed by atoms with Gasteiger partial charge < -0.3 is 31.1 Å². The van der Waals surface area contributed by atoms with Crippen LogP contribution in [0.4, 0.5) is 4.79 Å². The zero-order valence-electron chi connectivity index (χ0n) is 10.4. The second-order valence-electron chi connectivity index (χ2n) is 4.05. The number of nitrogens with one attached hydrogen (secondary N) is 3. The lowest BCUT2D eigenvalue weighted by molar-refractivity contribution is -0.146. The molecule has 1 atom stereocenters. The van der Waals surface area contributed by atoms with Crippen molar-refractivity contribution in [2.75, 3.05) is 39.3 Å². The molecule has 9 nitrogen and oxygen atoms in total. The van der Waals surface area contributed by atoms with E-state index in [0.717, 1.165) is 13.1 Å². The van der Waals surface area contributed by atoms with Crippen LogP contribution < -0.4 is 16.0 Å². The fourth-order valence-electron chi connectivity index (χ4n) is 1.52. The summed E-state index contributed by atoms with van der Waals surface area (Å²) in [5.74, 6) is -1.62. The van der Waals surface area contributed by atoms with Crippen molar-refractivity contribution in [3.63, 3.8) is 0 Å². The number of aliphatic hydroxyl groups excluding tert-OH is 1. The van der Waals surface area contributed by atoms with Gasteiger partial charge in [-0.1, -0.05) is 0 Å². The zero-order chi connectivity index (χ0) is 14.3. The molecule has 1 rings (SSSR count). The third-order valence-corrected chi connectivity index (χ3v) is 2.61. The molecule has 108 valence electrons. The van der Waals surface area contributed by atoms with Gasteiger partial charge >= 0.3 is 12.0 Å². The molecule has 1 heterocycles. The number of aliphatic hydroxyl groups is 1.